The first-order valence-electron chi connectivity index (χ1n) is 16.7. The third-order valence-electron chi connectivity index (χ3n) is 9.59. The lowest BCUT2D eigenvalue weighted by molar-refractivity contribution is -0.145. The third kappa shape index (κ3) is 7.50. The maximum absolute atomic E-state index is 14.8. The fourth-order valence-corrected chi connectivity index (χ4v) is 8.60. The van der Waals surface area contributed by atoms with Crippen LogP contribution in [-0.2, 0) is 28.7 Å². The van der Waals surface area contributed by atoms with Crippen molar-refractivity contribution >= 4 is 56.9 Å². The fraction of sp³-hybridized carbons (Fsp3) is 0.459. The number of rotatable bonds is 17. The molecule has 3 saturated heterocycles. The van der Waals surface area contributed by atoms with Crippen molar-refractivity contribution in [3.05, 3.63) is 90.5 Å². The van der Waals surface area contributed by atoms with Crippen molar-refractivity contribution in [3.63, 3.8) is 0 Å². The Morgan fingerprint density at radius 2 is 1.86 bits per heavy atom. The average molecular weight is 757 g/mol. The SMILES string of the molecule is C=CCCC(=O)OC[C@H](NC(=O)[C@@H]1[C@H]2O[C@@]3(CC2Br)[C@H](C(=O)N(CC=C)c2ccccc2Cl)N(CCCCCO)C(=O)[C@@H]13)c1ccccc1. The third-order valence-corrected chi connectivity index (χ3v) is 10.8. The van der Waals surface area contributed by atoms with Gasteiger partial charge in [-0.05, 0) is 49.8 Å². The summed E-state index contributed by atoms with van der Waals surface area (Å²) < 4.78 is 12.2. The molecule has 49 heavy (non-hydrogen) atoms. The van der Waals surface area contributed by atoms with Gasteiger partial charge in [-0.3, -0.25) is 19.2 Å². The van der Waals surface area contributed by atoms with Crippen molar-refractivity contribution in [2.24, 2.45) is 11.8 Å². The summed E-state index contributed by atoms with van der Waals surface area (Å²) in [5.74, 6) is -3.38. The Labute approximate surface area is 300 Å². The van der Waals surface area contributed by atoms with Crippen LogP contribution in [0.4, 0.5) is 5.69 Å². The van der Waals surface area contributed by atoms with Gasteiger partial charge in [-0.2, -0.15) is 0 Å². The molecule has 0 aromatic heterocycles. The van der Waals surface area contributed by atoms with E-state index in [1.54, 1.807) is 41.3 Å². The molecule has 3 aliphatic rings. The van der Waals surface area contributed by atoms with Crippen molar-refractivity contribution in [3.8, 4) is 0 Å². The maximum Gasteiger partial charge on any atom is 0.306 e. The predicted octanol–water partition coefficient (Wildman–Crippen LogP) is 5.14. The van der Waals surface area contributed by atoms with Gasteiger partial charge in [0.05, 0.1) is 34.7 Å². The predicted molar refractivity (Wildman–Crippen MR) is 190 cm³/mol. The number of halogens is 2. The lowest BCUT2D eigenvalue weighted by Crippen LogP contribution is -2.57. The van der Waals surface area contributed by atoms with E-state index in [0.717, 1.165) is 5.56 Å². The molecule has 0 saturated carbocycles. The van der Waals surface area contributed by atoms with Crippen molar-refractivity contribution in [2.45, 2.75) is 67.1 Å². The van der Waals surface area contributed by atoms with E-state index in [1.807, 2.05) is 30.3 Å². The molecule has 3 heterocycles. The van der Waals surface area contributed by atoms with Gasteiger partial charge in [0.25, 0.3) is 5.91 Å². The van der Waals surface area contributed by atoms with Crippen LogP contribution in [0, 0.1) is 11.8 Å². The second kappa shape index (κ2) is 16.5. The summed E-state index contributed by atoms with van der Waals surface area (Å²) in [5.41, 5.74) is -0.0728. The molecule has 7 atom stereocenters. The van der Waals surface area contributed by atoms with E-state index in [9.17, 15) is 24.3 Å². The van der Waals surface area contributed by atoms with Crippen LogP contribution in [0.15, 0.2) is 79.9 Å². The molecule has 3 fully saturated rings. The number of hydrogen-bond acceptors (Lipinski definition) is 7. The first-order valence-corrected chi connectivity index (χ1v) is 18.0. The van der Waals surface area contributed by atoms with Crippen LogP contribution >= 0.6 is 27.5 Å². The first kappa shape index (κ1) is 36.8. The zero-order valence-electron chi connectivity index (χ0n) is 27.3. The zero-order chi connectivity index (χ0) is 35.1. The number of carbonyl (C=O) groups excluding carboxylic acids is 4. The number of carbonyl (C=O) groups is 4. The number of anilines is 1. The average Bonchev–Trinajstić information content (AvgIpc) is 3.70. The summed E-state index contributed by atoms with van der Waals surface area (Å²) in [6, 6.07) is 14.5. The number of esters is 1. The summed E-state index contributed by atoms with van der Waals surface area (Å²) in [7, 11) is 0. The molecule has 0 radical (unpaired) electrons. The van der Waals surface area contributed by atoms with Crippen molar-refractivity contribution in [1.29, 1.82) is 0 Å². The minimum Gasteiger partial charge on any atom is -0.463 e. The molecular formula is C37H43BrClN3O7. The molecule has 2 aromatic rings. The molecule has 3 aliphatic heterocycles. The topological polar surface area (TPSA) is 125 Å². The molecule has 2 N–H and O–H groups in total. The maximum atomic E-state index is 14.8. The highest BCUT2D eigenvalue weighted by Gasteiger charge is 2.76. The molecule has 2 aromatic carbocycles. The summed E-state index contributed by atoms with van der Waals surface area (Å²) >= 11 is 10.3. The van der Waals surface area contributed by atoms with Crippen molar-refractivity contribution in [2.75, 3.05) is 31.2 Å². The van der Waals surface area contributed by atoms with E-state index < -0.39 is 47.5 Å². The van der Waals surface area contributed by atoms with Crippen LogP contribution in [0.25, 0.3) is 0 Å². The molecule has 262 valence electrons. The highest BCUT2D eigenvalue weighted by atomic mass is 79.9. The number of amides is 3. The number of aliphatic hydroxyl groups excluding tert-OH is 1. The van der Waals surface area contributed by atoms with Gasteiger partial charge in [-0.15, -0.1) is 13.2 Å². The normalized spacial score (nSPS) is 25.8. The number of aliphatic hydroxyl groups is 1. The standard InChI is InChI=1S/C37H43BrClN3O7/c1-3-5-18-29(44)48-23-27(24-14-8-6-9-15-24)40-34(45)30-31-35(46)42(20-12-7-13-21-43)33(37(31)22-25(38)32(30)49-37)36(47)41(19-4-2)28-17-11-10-16-26(28)39/h3-4,6,8-11,14-17,25,27,30-33,43H,1-2,5,7,12-13,18-23H2,(H,40,45)/t25?,27-,30-,31+,32-,33-,37+/m0/s1. The van der Waals surface area contributed by atoms with Gasteiger partial charge in [0.15, 0.2) is 0 Å². The summed E-state index contributed by atoms with van der Waals surface area (Å²) in [5, 5.41) is 12.8. The number of fused-ring (bicyclic) bond motifs is 1. The molecule has 1 unspecified atom stereocenters. The largest absolute Gasteiger partial charge is 0.463 e. The number of alkyl halides is 1. The Morgan fingerprint density at radius 1 is 1.12 bits per heavy atom. The minimum atomic E-state index is -1.29. The van der Waals surface area contributed by atoms with Gasteiger partial charge in [0.2, 0.25) is 11.8 Å². The highest BCUT2D eigenvalue weighted by molar-refractivity contribution is 9.09. The van der Waals surface area contributed by atoms with E-state index in [4.69, 9.17) is 21.1 Å². The number of nitrogens with one attached hydrogen (secondary N) is 1. The molecule has 0 aliphatic carbocycles. The monoisotopic (exact) mass is 755 g/mol. The molecule has 1 spiro atoms. The Morgan fingerprint density at radius 3 is 2.55 bits per heavy atom. The summed E-state index contributed by atoms with van der Waals surface area (Å²) in [6.07, 6.45) is 5.30. The number of benzene rings is 2. The Kier molecular flexibility index (Phi) is 12.4. The van der Waals surface area contributed by atoms with Gasteiger partial charge < -0.3 is 29.7 Å². The molecule has 5 rings (SSSR count). The van der Waals surface area contributed by atoms with Gasteiger partial charge >= 0.3 is 5.97 Å². The second-order valence-corrected chi connectivity index (χ2v) is 14.2. The molecular weight excluding hydrogens is 714 g/mol. The number of unbranched alkanes of at least 4 members (excludes halogenated alkanes) is 2. The van der Waals surface area contributed by atoms with Crippen LogP contribution in [0.5, 0.6) is 0 Å². The summed E-state index contributed by atoms with van der Waals surface area (Å²) in [6.45, 7) is 7.81. The lowest BCUT2D eigenvalue weighted by atomic mass is 9.70. The lowest BCUT2D eigenvalue weighted by Gasteiger charge is -2.37. The Bertz CT molecular complexity index is 1540. The van der Waals surface area contributed by atoms with E-state index in [0.29, 0.717) is 42.8 Å². The number of allylic oxidation sites excluding steroid dienone is 1. The van der Waals surface area contributed by atoms with Crippen LogP contribution < -0.4 is 10.2 Å². The number of nitrogens with zero attached hydrogens (tertiary/aromatic N) is 2. The smallest absolute Gasteiger partial charge is 0.306 e. The number of ether oxygens (including phenoxy) is 2. The fourth-order valence-electron chi connectivity index (χ4n) is 7.42. The van der Waals surface area contributed by atoms with Gasteiger partial charge in [0.1, 0.15) is 18.2 Å². The highest BCUT2D eigenvalue weighted by Crippen LogP contribution is 2.60. The Balaban J connectivity index is 1.48. The first-order chi connectivity index (χ1) is 23.7. The quantitative estimate of drug-likeness (QED) is 0.0993. The van der Waals surface area contributed by atoms with Crippen LogP contribution in [-0.4, -0.2) is 82.6 Å². The van der Waals surface area contributed by atoms with Crippen molar-refractivity contribution < 1.29 is 33.8 Å². The van der Waals surface area contributed by atoms with E-state index in [2.05, 4.69) is 34.4 Å². The number of likely N-dealkylation sites (tertiary alicyclic amines) is 1. The Hall–Kier alpha value is -3.51. The molecule has 12 heteroatoms. The second-order valence-electron chi connectivity index (χ2n) is 12.7. The van der Waals surface area contributed by atoms with Gasteiger partial charge in [-0.25, -0.2) is 0 Å². The van der Waals surface area contributed by atoms with Gasteiger partial charge in [-0.1, -0.05) is 82.1 Å². The molecule has 10 nitrogen and oxygen atoms in total. The van der Waals surface area contributed by atoms with E-state index >= 15 is 0 Å². The van der Waals surface area contributed by atoms with E-state index in [-0.39, 0.29) is 49.4 Å². The van der Waals surface area contributed by atoms with Gasteiger partial charge in [0, 0.05) is 30.9 Å². The van der Waals surface area contributed by atoms with Crippen LogP contribution in [0.2, 0.25) is 5.02 Å². The summed E-state index contributed by atoms with van der Waals surface area (Å²) in [4.78, 5) is 58.8. The van der Waals surface area contributed by atoms with Crippen LogP contribution in [0.3, 0.4) is 0 Å². The molecule has 3 amide bonds. The number of para-hydroxylation sites is 1. The minimum absolute atomic E-state index is 0.0208. The van der Waals surface area contributed by atoms with Crippen molar-refractivity contribution in [1.82, 2.24) is 10.2 Å². The van der Waals surface area contributed by atoms with Crippen LogP contribution in [0.1, 0.15) is 50.1 Å². The zero-order valence-corrected chi connectivity index (χ0v) is 29.7. The molecule has 2 bridgehead atoms. The van der Waals surface area contributed by atoms with E-state index in [1.165, 1.54) is 4.90 Å². The number of hydrogen-bond donors (Lipinski definition) is 2.